The highest BCUT2D eigenvalue weighted by molar-refractivity contribution is 5.68. The number of methoxy groups -OCH3 is 1. The summed E-state index contributed by atoms with van der Waals surface area (Å²) >= 11 is 0. The van der Waals surface area contributed by atoms with E-state index in [0.29, 0.717) is 6.54 Å². The molecule has 0 aliphatic carbocycles. The van der Waals surface area contributed by atoms with E-state index >= 15 is 0 Å². The molecule has 0 fully saturated rings. The normalized spacial score (nSPS) is 10.4. The van der Waals surface area contributed by atoms with E-state index in [1.165, 1.54) is 6.07 Å². The molecule has 0 radical (unpaired) electrons. The molecule has 94 valence electrons. The van der Waals surface area contributed by atoms with Crippen LogP contribution in [-0.4, -0.2) is 14.2 Å². The van der Waals surface area contributed by atoms with Gasteiger partial charge in [-0.3, -0.25) is 0 Å². The maximum absolute atomic E-state index is 13.4. The fourth-order valence-corrected chi connectivity index (χ4v) is 1.95. The van der Waals surface area contributed by atoms with Crippen LogP contribution in [0.1, 0.15) is 5.56 Å². The van der Waals surface area contributed by atoms with E-state index in [0.717, 1.165) is 22.4 Å². The molecule has 0 atom stereocenters. The van der Waals surface area contributed by atoms with Gasteiger partial charge in [0.15, 0.2) is 0 Å². The first-order chi connectivity index (χ1) is 8.74. The topological polar surface area (TPSA) is 21.3 Å². The lowest BCUT2D eigenvalue weighted by molar-refractivity contribution is 0.415. The molecule has 0 unspecified atom stereocenters. The van der Waals surface area contributed by atoms with Crippen LogP contribution < -0.4 is 10.1 Å². The summed E-state index contributed by atoms with van der Waals surface area (Å²) in [4.78, 5) is 0. The Balaban J connectivity index is 2.50. The van der Waals surface area contributed by atoms with E-state index in [1.54, 1.807) is 19.2 Å². The summed E-state index contributed by atoms with van der Waals surface area (Å²) in [6.07, 6.45) is 0. The average molecular weight is 245 g/mol. The Labute approximate surface area is 106 Å². The smallest absolute Gasteiger partial charge is 0.123 e. The van der Waals surface area contributed by atoms with Crippen LogP contribution in [0.2, 0.25) is 0 Å². The van der Waals surface area contributed by atoms with Crippen LogP contribution >= 0.6 is 0 Å². The molecule has 2 aromatic rings. The number of hydrogen-bond acceptors (Lipinski definition) is 2. The van der Waals surface area contributed by atoms with Gasteiger partial charge < -0.3 is 10.1 Å². The lowest BCUT2D eigenvalue weighted by atomic mass is 9.99. The molecule has 2 rings (SSSR count). The second kappa shape index (κ2) is 5.65. The lowest BCUT2D eigenvalue weighted by Gasteiger charge is -2.11. The summed E-state index contributed by atoms with van der Waals surface area (Å²) in [5.41, 5.74) is 2.91. The molecular formula is C15H16FNO. The largest absolute Gasteiger partial charge is 0.497 e. The van der Waals surface area contributed by atoms with E-state index in [-0.39, 0.29) is 5.82 Å². The third-order valence-corrected chi connectivity index (χ3v) is 2.82. The molecule has 0 aliphatic rings. The number of hydrogen-bond donors (Lipinski definition) is 1. The van der Waals surface area contributed by atoms with E-state index in [9.17, 15) is 4.39 Å². The molecule has 0 aliphatic heterocycles. The third-order valence-electron chi connectivity index (χ3n) is 2.82. The molecule has 0 amide bonds. The highest BCUT2D eigenvalue weighted by Crippen LogP contribution is 2.27. The zero-order valence-electron chi connectivity index (χ0n) is 10.5. The van der Waals surface area contributed by atoms with Gasteiger partial charge in [0.05, 0.1) is 7.11 Å². The highest BCUT2D eigenvalue weighted by atomic mass is 19.1. The van der Waals surface area contributed by atoms with Crippen LogP contribution in [-0.2, 0) is 6.54 Å². The first kappa shape index (κ1) is 12.6. The average Bonchev–Trinajstić information content (AvgIpc) is 2.41. The number of ether oxygens (including phenoxy) is 1. The number of rotatable bonds is 4. The summed E-state index contributed by atoms with van der Waals surface area (Å²) in [6, 6.07) is 12.5. The van der Waals surface area contributed by atoms with Crippen LogP contribution in [0.25, 0.3) is 11.1 Å². The molecule has 2 aromatic carbocycles. The monoisotopic (exact) mass is 245 g/mol. The number of halogens is 1. The van der Waals surface area contributed by atoms with Crippen LogP contribution in [0.15, 0.2) is 42.5 Å². The Bertz CT molecular complexity index is 540. The SMILES string of the molecule is CNCc1ccc(F)cc1-c1cccc(OC)c1. The molecule has 0 aromatic heterocycles. The Morgan fingerprint density at radius 2 is 2.00 bits per heavy atom. The predicted octanol–water partition coefficient (Wildman–Crippen LogP) is 3.22. The van der Waals surface area contributed by atoms with E-state index in [1.807, 2.05) is 31.3 Å². The van der Waals surface area contributed by atoms with Crippen LogP contribution in [0.5, 0.6) is 5.75 Å². The van der Waals surface area contributed by atoms with Crippen molar-refractivity contribution < 1.29 is 9.13 Å². The first-order valence-corrected chi connectivity index (χ1v) is 5.82. The summed E-state index contributed by atoms with van der Waals surface area (Å²) in [5.74, 6) is 0.542. The molecule has 1 N–H and O–H groups in total. The number of benzene rings is 2. The molecule has 18 heavy (non-hydrogen) atoms. The van der Waals surface area contributed by atoms with Crippen molar-refractivity contribution in [3.05, 3.63) is 53.8 Å². The first-order valence-electron chi connectivity index (χ1n) is 5.82. The van der Waals surface area contributed by atoms with Crippen molar-refractivity contribution in [2.24, 2.45) is 0 Å². The standard InChI is InChI=1S/C15H16FNO/c1-17-10-12-6-7-13(16)9-15(12)11-4-3-5-14(8-11)18-2/h3-9,17H,10H2,1-2H3. The molecule has 0 spiro atoms. The van der Waals surface area contributed by atoms with E-state index in [4.69, 9.17) is 4.74 Å². The summed E-state index contributed by atoms with van der Waals surface area (Å²) in [6.45, 7) is 0.701. The minimum absolute atomic E-state index is 0.229. The van der Waals surface area contributed by atoms with Crippen molar-refractivity contribution in [3.8, 4) is 16.9 Å². The minimum Gasteiger partial charge on any atom is -0.497 e. The third kappa shape index (κ3) is 2.68. The van der Waals surface area contributed by atoms with Crippen molar-refractivity contribution in [2.45, 2.75) is 6.54 Å². The van der Waals surface area contributed by atoms with Crippen LogP contribution in [0.3, 0.4) is 0 Å². The zero-order valence-corrected chi connectivity index (χ0v) is 10.5. The molecular weight excluding hydrogens is 229 g/mol. The minimum atomic E-state index is -0.229. The summed E-state index contributed by atoms with van der Waals surface area (Å²) < 4.78 is 18.6. The van der Waals surface area contributed by atoms with Gasteiger partial charge in [0.1, 0.15) is 11.6 Å². The van der Waals surface area contributed by atoms with Crippen molar-refractivity contribution in [1.82, 2.24) is 5.32 Å². The van der Waals surface area contributed by atoms with Crippen LogP contribution in [0.4, 0.5) is 4.39 Å². The van der Waals surface area contributed by atoms with E-state index < -0.39 is 0 Å². The van der Waals surface area contributed by atoms with Gasteiger partial charge in [-0.25, -0.2) is 4.39 Å². The fraction of sp³-hybridized carbons (Fsp3) is 0.200. The predicted molar refractivity (Wildman–Crippen MR) is 71.2 cm³/mol. The van der Waals surface area contributed by atoms with Crippen molar-refractivity contribution >= 4 is 0 Å². The zero-order chi connectivity index (χ0) is 13.0. The maximum atomic E-state index is 13.4. The molecule has 0 saturated heterocycles. The molecule has 0 saturated carbocycles. The van der Waals surface area contributed by atoms with Gasteiger partial charge in [0.25, 0.3) is 0 Å². The maximum Gasteiger partial charge on any atom is 0.123 e. The van der Waals surface area contributed by atoms with Crippen molar-refractivity contribution in [3.63, 3.8) is 0 Å². The molecule has 3 heteroatoms. The van der Waals surface area contributed by atoms with Gasteiger partial charge in [-0.15, -0.1) is 0 Å². The van der Waals surface area contributed by atoms with Gasteiger partial charge in [0.2, 0.25) is 0 Å². The lowest BCUT2D eigenvalue weighted by Crippen LogP contribution is -2.06. The van der Waals surface area contributed by atoms with Gasteiger partial charge in [-0.1, -0.05) is 18.2 Å². The van der Waals surface area contributed by atoms with E-state index in [2.05, 4.69) is 5.32 Å². The van der Waals surface area contributed by atoms with Crippen LogP contribution in [0, 0.1) is 5.82 Å². The van der Waals surface area contributed by atoms with Crippen molar-refractivity contribution in [2.75, 3.05) is 14.2 Å². The van der Waals surface area contributed by atoms with Gasteiger partial charge in [-0.2, -0.15) is 0 Å². The van der Waals surface area contributed by atoms with Crippen molar-refractivity contribution in [1.29, 1.82) is 0 Å². The fourth-order valence-electron chi connectivity index (χ4n) is 1.95. The van der Waals surface area contributed by atoms with Gasteiger partial charge in [0, 0.05) is 6.54 Å². The number of nitrogens with one attached hydrogen (secondary N) is 1. The second-order valence-corrected chi connectivity index (χ2v) is 4.06. The molecule has 0 bridgehead atoms. The summed E-state index contributed by atoms with van der Waals surface area (Å²) in [7, 11) is 3.50. The second-order valence-electron chi connectivity index (χ2n) is 4.06. The molecule has 0 heterocycles. The molecule has 2 nitrogen and oxygen atoms in total. The summed E-state index contributed by atoms with van der Waals surface area (Å²) in [5, 5.41) is 3.09. The Morgan fingerprint density at radius 1 is 1.17 bits per heavy atom. The Hall–Kier alpha value is -1.87. The quantitative estimate of drug-likeness (QED) is 0.893. The Kier molecular flexibility index (Phi) is 3.95. The highest BCUT2D eigenvalue weighted by Gasteiger charge is 2.07. The van der Waals surface area contributed by atoms with Gasteiger partial charge in [-0.05, 0) is 48.0 Å². The van der Waals surface area contributed by atoms with Gasteiger partial charge >= 0.3 is 0 Å². The Morgan fingerprint density at radius 3 is 2.72 bits per heavy atom.